The highest BCUT2D eigenvalue weighted by molar-refractivity contribution is 6.31. The normalized spacial score (nSPS) is 15.3. The first-order valence-corrected chi connectivity index (χ1v) is 10.3. The Balaban J connectivity index is 1.25. The fourth-order valence-corrected chi connectivity index (χ4v) is 3.82. The van der Waals surface area contributed by atoms with E-state index in [9.17, 15) is 9.18 Å². The Labute approximate surface area is 179 Å². The van der Waals surface area contributed by atoms with Crippen molar-refractivity contribution in [1.82, 2.24) is 20.4 Å². The zero-order valence-electron chi connectivity index (χ0n) is 16.4. The van der Waals surface area contributed by atoms with E-state index in [1.165, 1.54) is 6.07 Å². The van der Waals surface area contributed by atoms with Gasteiger partial charge in [-0.05, 0) is 38.1 Å². The van der Waals surface area contributed by atoms with Crippen molar-refractivity contribution in [3.63, 3.8) is 0 Å². The highest BCUT2D eigenvalue weighted by Crippen LogP contribution is 2.24. The minimum absolute atomic E-state index is 0.0296. The second-order valence-corrected chi connectivity index (χ2v) is 7.75. The lowest BCUT2D eigenvalue weighted by molar-refractivity contribution is -0.126. The number of amides is 1. The minimum Gasteiger partial charge on any atom is -0.347 e. The minimum atomic E-state index is -0.295. The van der Waals surface area contributed by atoms with Crippen LogP contribution in [0.5, 0.6) is 0 Å². The summed E-state index contributed by atoms with van der Waals surface area (Å²) in [6, 6.07) is 14.2. The van der Waals surface area contributed by atoms with Gasteiger partial charge >= 0.3 is 0 Å². The Morgan fingerprint density at radius 2 is 1.93 bits per heavy atom. The van der Waals surface area contributed by atoms with Crippen LogP contribution < -0.4 is 5.32 Å². The monoisotopic (exact) mass is 428 g/mol. The molecule has 1 aliphatic heterocycles. The van der Waals surface area contributed by atoms with Crippen molar-refractivity contribution in [2.45, 2.75) is 25.9 Å². The number of piperidine rings is 1. The molecule has 3 aromatic rings. The maximum atomic E-state index is 14.0. The molecule has 0 unspecified atom stereocenters. The zero-order valence-corrected chi connectivity index (χ0v) is 17.1. The lowest BCUT2D eigenvalue weighted by Gasteiger charge is -2.31. The second-order valence-electron chi connectivity index (χ2n) is 7.35. The van der Waals surface area contributed by atoms with Crippen molar-refractivity contribution in [1.29, 1.82) is 0 Å². The van der Waals surface area contributed by atoms with Gasteiger partial charge in [0.1, 0.15) is 5.82 Å². The largest absolute Gasteiger partial charge is 0.347 e. The fourth-order valence-electron chi connectivity index (χ4n) is 3.60. The highest BCUT2D eigenvalue weighted by Gasteiger charge is 2.26. The first-order chi connectivity index (χ1) is 14.6. The molecule has 156 valence electrons. The van der Waals surface area contributed by atoms with E-state index < -0.39 is 0 Å². The molecule has 1 aromatic heterocycles. The van der Waals surface area contributed by atoms with E-state index >= 15 is 0 Å². The number of carbonyl (C=O) groups excluding carboxylic acids is 1. The summed E-state index contributed by atoms with van der Waals surface area (Å²) in [7, 11) is 0. The number of likely N-dealkylation sites (tertiary alicyclic amines) is 1. The summed E-state index contributed by atoms with van der Waals surface area (Å²) in [6.07, 6.45) is 1.41. The summed E-state index contributed by atoms with van der Waals surface area (Å²) in [5.74, 6) is 0.456. The number of aromatic nitrogens is 2. The van der Waals surface area contributed by atoms with E-state index in [1.54, 1.807) is 12.1 Å². The topological polar surface area (TPSA) is 71.3 Å². The molecule has 2 aromatic carbocycles. The van der Waals surface area contributed by atoms with Gasteiger partial charge in [-0.25, -0.2) is 4.39 Å². The van der Waals surface area contributed by atoms with Gasteiger partial charge in [-0.1, -0.05) is 53.2 Å². The van der Waals surface area contributed by atoms with Crippen LogP contribution in [-0.2, 0) is 17.9 Å². The highest BCUT2D eigenvalue weighted by atomic mass is 35.5. The SMILES string of the molecule is O=C(NCc1nc(-c2ccccc2)no1)C1CCN(Cc2c(F)cccc2Cl)CC1. The molecule has 0 radical (unpaired) electrons. The van der Waals surface area contributed by atoms with Crippen molar-refractivity contribution in [2.75, 3.05) is 13.1 Å². The number of benzene rings is 2. The van der Waals surface area contributed by atoms with Gasteiger partial charge in [0.05, 0.1) is 6.54 Å². The predicted molar refractivity (Wildman–Crippen MR) is 111 cm³/mol. The Hall–Kier alpha value is -2.77. The first kappa shape index (κ1) is 20.5. The fraction of sp³-hybridized carbons (Fsp3) is 0.318. The third-order valence-corrected chi connectivity index (χ3v) is 5.67. The number of nitrogens with one attached hydrogen (secondary N) is 1. The van der Waals surface area contributed by atoms with E-state index in [2.05, 4.69) is 20.4 Å². The molecule has 1 N–H and O–H groups in total. The van der Waals surface area contributed by atoms with Crippen LogP contribution in [-0.4, -0.2) is 34.0 Å². The summed E-state index contributed by atoms with van der Waals surface area (Å²) in [4.78, 5) is 19.0. The Bertz CT molecular complexity index is 983. The summed E-state index contributed by atoms with van der Waals surface area (Å²) in [5, 5.41) is 7.27. The first-order valence-electron chi connectivity index (χ1n) is 9.91. The summed E-state index contributed by atoms with van der Waals surface area (Å²) >= 11 is 6.12. The van der Waals surface area contributed by atoms with Crippen LogP contribution in [0, 0.1) is 11.7 Å². The molecule has 1 fully saturated rings. The third-order valence-electron chi connectivity index (χ3n) is 5.32. The smallest absolute Gasteiger partial charge is 0.246 e. The van der Waals surface area contributed by atoms with E-state index in [0.29, 0.717) is 54.8 Å². The molecule has 0 saturated carbocycles. The molecule has 1 saturated heterocycles. The lowest BCUT2D eigenvalue weighted by Crippen LogP contribution is -2.40. The predicted octanol–water partition coefficient (Wildman–Crippen LogP) is 4.06. The number of halogens is 2. The van der Waals surface area contributed by atoms with Gasteiger partial charge in [0.25, 0.3) is 0 Å². The molecule has 1 amide bonds. The van der Waals surface area contributed by atoms with E-state index in [-0.39, 0.29) is 24.2 Å². The second kappa shape index (κ2) is 9.36. The van der Waals surface area contributed by atoms with Crippen molar-refractivity contribution in [2.24, 2.45) is 5.92 Å². The van der Waals surface area contributed by atoms with E-state index in [1.807, 2.05) is 30.3 Å². The zero-order chi connectivity index (χ0) is 20.9. The maximum Gasteiger partial charge on any atom is 0.246 e. The average molecular weight is 429 g/mol. The molecule has 30 heavy (non-hydrogen) atoms. The average Bonchev–Trinajstić information content (AvgIpc) is 3.25. The van der Waals surface area contributed by atoms with Gasteiger partial charge in [0, 0.05) is 28.6 Å². The van der Waals surface area contributed by atoms with Gasteiger partial charge in [-0.15, -0.1) is 0 Å². The van der Waals surface area contributed by atoms with Crippen LogP contribution in [0.4, 0.5) is 4.39 Å². The van der Waals surface area contributed by atoms with Crippen molar-refractivity contribution < 1.29 is 13.7 Å². The maximum absolute atomic E-state index is 14.0. The van der Waals surface area contributed by atoms with Crippen LogP contribution >= 0.6 is 11.6 Å². The van der Waals surface area contributed by atoms with Gasteiger partial charge in [0.2, 0.25) is 17.6 Å². The van der Waals surface area contributed by atoms with Crippen molar-refractivity contribution >= 4 is 17.5 Å². The molecule has 0 spiro atoms. The van der Waals surface area contributed by atoms with Crippen LogP contribution in [0.3, 0.4) is 0 Å². The number of nitrogens with zero attached hydrogens (tertiary/aromatic N) is 3. The molecule has 8 heteroatoms. The third kappa shape index (κ3) is 4.86. The molecule has 0 atom stereocenters. The number of hydrogen-bond acceptors (Lipinski definition) is 5. The Morgan fingerprint density at radius 1 is 1.17 bits per heavy atom. The van der Waals surface area contributed by atoms with Crippen molar-refractivity contribution in [3.8, 4) is 11.4 Å². The summed E-state index contributed by atoms with van der Waals surface area (Å²) in [5.41, 5.74) is 1.37. The molecule has 2 heterocycles. The Morgan fingerprint density at radius 3 is 2.67 bits per heavy atom. The van der Waals surface area contributed by atoms with Crippen LogP contribution in [0.25, 0.3) is 11.4 Å². The van der Waals surface area contributed by atoms with Gasteiger partial charge in [0.15, 0.2) is 0 Å². The molecule has 1 aliphatic rings. The number of rotatable bonds is 6. The van der Waals surface area contributed by atoms with Crippen LogP contribution in [0.1, 0.15) is 24.3 Å². The molecule has 0 aliphatic carbocycles. The Kier molecular flexibility index (Phi) is 6.40. The standard InChI is InChI=1S/C22H22ClFN4O2/c23-18-7-4-8-19(24)17(18)14-28-11-9-16(10-12-28)22(29)25-13-20-26-21(27-30-20)15-5-2-1-3-6-15/h1-8,16H,9-14H2,(H,25,29). The van der Waals surface area contributed by atoms with Crippen LogP contribution in [0.15, 0.2) is 53.1 Å². The molecule has 4 rings (SSSR count). The van der Waals surface area contributed by atoms with Crippen LogP contribution in [0.2, 0.25) is 5.02 Å². The van der Waals surface area contributed by atoms with Crippen molar-refractivity contribution in [3.05, 3.63) is 70.8 Å². The van der Waals surface area contributed by atoms with E-state index in [4.69, 9.17) is 16.1 Å². The summed E-state index contributed by atoms with van der Waals surface area (Å²) in [6.45, 7) is 2.07. The van der Waals surface area contributed by atoms with E-state index in [0.717, 1.165) is 5.56 Å². The number of hydrogen-bond donors (Lipinski definition) is 1. The molecule has 0 bridgehead atoms. The molecular weight excluding hydrogens is 407 g/mol. The number of carbonyl (C=O) groups is 1. The lowest BCUT2D eigenvalue weighted by atomic mass is 9.95. The van der Waals surface area contributed by atoms with Gasteiger partial charge in [-0.2, -0.15) is 4.98 Å². The van der Waals surface area contributed by atoms with Gasteiger partial charge < -0.3 is 9.84 Å². The molecular formula is C22H22ClFN4O2. The van der Waals surface area contributed by atoms with Gasteiger partial charge in [-0.3, -0.25) is 9.69 Å². The molecule has 6 nitrogen and oxygen atoms in total. The quantitative estimate of drug-likeness (QED) is 0.641. The summed E-state index contributed by atoms with van der Waals surface area (Å²) < 4.78 is 19.2.